The van der Waals surface area contributed by atoms with Gasteiger partial charge in [0, 0.05) is 41.4 Å². The maximum absolute atomic E-state index is 11.2. The van der Waals surface area contributed by atoms with E-state index >= 15 is 0 Å². The van der Waals surface area contributed by atoms with Crippen LogP contribution in [0.25, 0.3) is 0 Å². The Labute approximate surface area is 151 Å². The molecular weight excluding hydrogens is 344 g/mol. The van der Waals surface area contributed by atoms with Crippen molar-refractivity contribution in [2.75, 3.05) is 13.3 Å². The van der Waals surface area contributed by atoms with Gasteiger partial charge < -0.3 is 9.47 Å². The number of fused-ring (bicyclic) bond motifs is 1. The summed E-state index contributed by atoms with van der Waals surface area (Å²) in [6.07, 6.45) is 0. The molecule has 1 heterocycles. The first-order valence-electron chi connectivity index (χ1n) is 8.04. The fourth-order valence-corrected chi connectivity index (χ4v) is 3.13. The summed E-state index contributed by atoms with van der Waals surface area (Å²) >= 11 is 6.05. The molecule has 25 heavy (non-hydrogen) atoms. The molecule has 0 fully saturated rings. The normalized spacial score (nSPS) is 13.4. The smallest absolute Gasteiger partial charge is 0.270 e. The van der Waals surface area contributed by atoms with E-state index in [1.165, 1.54) is 6.07 Å². The predicted molar refractivity (Wildman–Crippen MR) is 94.6 cm³/mol. The Morgan fingerprint density at radius 2 is 2.12 bits per heavy atom. The van der Waals surface area contributed by atoms with E-state index in [-0.39, 0.29) is 17.4 Å². The minimum Gasteiger partial charge on any atom is -0.467 e. The number of ether oxygens (including phenoxy) is 2. The fourth-order valence-electron chi connectivity index (χ4n) is 2.92. The molecule has 0 aliphatic carbocycles. The van der Waals surface area contributed by atoms with E-state index in [4.69, 9.17) is 21.1 Å². The number of halogens is 1. The largest absolute Gasteiger partial charge is 0.467 e. The monoisotopic (exact) mass is 362 g/mol. The van der Waals surface area contributed by atoms with Crippen LogP contribution in [0.2, 0.25) is 5.02 Å². The van der Waals surface area contributed by atoms with Crippen molar-refractivity contribution in [1.82, 2.24) is 4.90 Å². The lowest BCUT2D eigenvalue weighted by Gasteiger charge is -2.25. The molecule has 0 amide bonds. The average molecular weight is 363 g/mol. The quantitative estimate of drug-likeness (QED) is 0.571. The topological polar surface area (TPSA) is 64.8 Å². The average Bonchev–Trinajstić information content (AvgIpc) is 2.61. The standard InChI is InChI=1S/C18H19ClN2O4/c1-2-20(9-13-4-3-5-16(19)6-13)10-14-7-17(21(22)23)8-15-11-24-12-25-18(14)15/h3-8H,2,9-12H2,1H3. The number of hydrogen-bond acceptors (Lipinski definition) is 5. The molecule has 0 N–H and O–H groups in total. The van der Waals surface area contributed by atoms with E-state index in [0.29, 0.717) is 36.0 Å². The highest BCUT2D eigenvalue weighted by Gasteiger charge is 2.22. The summed E-state index contributed by atoms with van der Waals surface area (Å²) < 4.78 is 10.9. The van der Waals surface area contributed by atoms with Gasteiger partial charge in [-0.05, 0) is 24.2 Å². The molecule has 1 aliphatic rings. The Morgan fingerprint density at radius 3 is 2.84 bits per heavy atom. The van der Waals surface area contributed by atoms with Crippen molar-refractivity contribution in [3.05, 3.63) is 68.2 Å². The third-order valence-corrected chi connectivity index (χ3v) is 4.35. The first-order chi connectivity index (χ1) is 12.1. The van der Waals surface area contributed by atoms with Crippen LogP contribution in [0.1, 0.15) is 23.6 Å². The zero-order valence-corrected chi connectivity index (χ0v) is 14.7. The molecule has 0 aromatic heterocycles. The molecule has 0 saturated carbocycles. The van der Waals surface area contributed by atoms with Crippen LogP contribution in [0.15, 0.2) is 36.4 Å². The second-order valence-electron chi connectivity index (χ2n) is 5.89. The third kappa shape index (κ3) is 4.28. The number of non-ortho nitro benzene ring substituents is 1. The Balaban J connectivity index is 1.86. The van der Waals surface area contributed by atoms with Crippen molar-refractivity contribution in [1.29, 1.82) is 0 Å². The molecule has 6 nitrogen and oxygen atoms in total. The molecule has 0 atom stereocenters. The Bertz CT molecular complexity index is 782. The van der Waals surface area contributed by atoms with Crippen LogP contribution in [0.3, 0.4) is 0 Å². The van der Waals surface area contributed by atoms with Crippen molar-refractivity contribution >= 4 is 17.3 Å². The summed E-state index contributed by atoms with van der Waals surface area (Å²) in [5.74, 6) is 0.696. The van der Waals surface area contributed by atoms with E-state index in [0.717, 1.165) is 17.7 Å². The Hall–Kier alpha value is -2.15. The van der Waals surface area contributed by atoms with Gasteiger partial charge in [0.15, 0.2) is 6.79 Å². The van der Waals surface area contributed by atoms with Gasteiger partial charge in [-0.2, -0.15) is 0 Å². The van der Waals surface area contributed by atoms with Crippen molar-refractivity contribution in [2.24, 2.45) is 0 Å². The zero-order valence-electron chi connectivity index (χ0n) is 13.9. The second-order valence-corrected chi connectivity index (χ2v) is 6.33. The number of hydrogen-bond donors (Lipinski definition) is 0. The van der Waals surface area contributed by atoms with Gasteiger partial charge in [0.1, 0.15) is 5.75 Å². The summed E-state index contributed by atoms with van der Waals surface area (Å²) in [5.41, 5.74) is 2.67. The van der Waals surface area contributed by atoms with E-state index in [9.17, 15) is 10.1 Å². The van der Waals surface area contributed by atoms with Crippen molar-refractivity contribution in [3.63, 3.8) is 0 Å². The first kappa shape index (κ1) is 17.7. The molecule has 0 spiro atoms. The molecule has 1 aliphatic heterocycles. The number of nitro groups is 1. The van der Waals surface area contributed by atoms with Gasteiger partial charge in [0.05, 0.1) is 11.5 Å². The van der Waals surface area contributed by atoms with Crippen LogP contribution in [-0.4, -0.2) is 23.2 Å². The molecule has 0 bridgehead atoms. The van der Waals surface area contributed by atoms with Crippen LogP contribution in [-0.2, 0) is 24.4 Å². The van der Waals surface area contributed by atoms with E-state index in [1.54, 1.807) is 6.07 Å². The zero-order chi connectivity index (χ0) is 17.8. The highest BCUT2D eigenvalue weighted by molar-refractivity contribution is 6.30. The van der Waals surface area contributed by atoms with Crippen molar-refractivity contribution in [3.8, 4) is 5.75 Å². The van der Waals surface area contributed by atoms with Gasteiger partial charge in [0.2, 0.25) is 0 Å². The maximum atomic E-state index is 11.2. The number of nitro benzene ring substituents is 1. The minimum atomic E-state index is -0.383. The third-order valence-electron chi connectivity index (χ3n) is 4.12. The molecule has 2 aromatic carbocycles. The lowest BCUT2D eigenvalue weighted by atomic mass is 10.1. The summed E-state index contributed by atoms with van der Waals surface area (Å²) in [7, 11) is 0. The lowest BCUT2D eigenvalue weighted by Crippen LogP contribution is -2.24. The minimum absolute atomic E-state index is 0.0571. The van der Waals surface area contributed by atoms with Gasteiger partial charge >= 0.3 is 0 Å². The molecule has 3 rings (SSSR count). The van der Waals surface area contributed by atoms with Gasteiger partial charge in [-0.25, -0.2) is 0 Å². The number of benzene rings is 2. The molecule has 132 valence electrons. The van der Waals surface area contributed by atoms with Crippen LogP contribution < -0.4 is 4.74 Å². The van der Waals surface area contributed by atoms with E-state index < -0.39 is 0 Å². The lowest BCUT2D eigenvalue weighted by molar-refractivity contribution is -0.385. The van der Waals surface area contributed by atoms with Gasteiger partial charge in [-0.1, -0.05) is 30.7 Å². The number of nitrogens with zero attached hydrogens (tertiary/aromatic N) is 2. The molecule has 0 unspecified atom stereocenters. The molecule has 0 saturated heterocycles. The second kappa shape index (κ2) is 7.82. The number of rotatable bonds is 6. The van der Waals surface area contributed by atoms with Gasteiger partial charge in [0.25, 0.3) is 5.69 Å². The molecule has 2 aromatic rings. The van der Waals surface area contributed by atoms with E-state index in [1.807, 2.05) is 24.3 Å². The Kier molecular flexibility index (Phi) is 5.53. The Morgan fingerprint density at radius 1 is 1.28 bits per heavy atom. The van der Waals surface area contributed by atoms with Crippen LogP contribution in [0.5, 0.6) is 5.75 Å². The SMILES string of the molecule is CCN(Cc1cccc(Cl)c1)Cc1cc([N+](=O)[O-])cc2c1OCOC2. The summed E-state index contributed by atoms with van der Waals surface area (Å²) in [4.78, 5) is 13.0. The van der Waals surface area contributed by atoms with E-state index in [2.05, 4.69) is 11.8 Å². The molecular formula is C18H19ClN2O4. The van der Waals surface area contributed by atoms with Crippen LogP contribution in [0.4, 0.5) is 5.69 Å². The van der Waals surface area contributed by atoms with Crippen LogP contribution >= 0.6 is 11.6 Å². The summed E-state index contributed by atoms with van der Waals surface area (Å²) in [6, 6.07) is 10.8. The molecule has 7 heteroatoms. The molecule has 0 radical (unpaired) electrons. The first-order valence-corrected chi connectivity index (χ1v) is 8.42. The van der Waals surface area contributed by atoms with Crippen LogP contribution in [0, 0.1) is 10.1 Å². The highest BCUT2D eigenvalue weighted by atomic mass is 35.5. The predicted octanol–water partition coefficient (Wildman–Crippen LogP) is 4.14. The highest BCUT2D eigenvalue weighted by Crippen LogP contribution is 2.33. The van der Waals surface area contributed by atoms with Crippen molar-refractivity contribution < 1.29 is 14.4 Å². The van der Waals surface area contributed by atoms with Gasteiger partial charge in [-0.3, -0.25) is 15.0 Å². The maximum Gasteiger partial charge on any atom is 0.270 e. The van der Waals surface area contributed by atoms with Gasteiger partial charge in [-0.15, -0.1) is 0 Å². The summed E-state index contributed by atoms with van der Waals surface area (Å²) in [6.45, 7) is 4.58. The fraction of sp³-hybridized carbons (Fsp3) is 0.333. The van der Waals surface area contributed by atoms with Crippen molar-refractivity contribution in [2.45, 2.75) is 26.6 Å². The summed E-state index contributed by atoms with van der Waals surface area (Å²) in [5, 5.41) is 11.9.